The molecule has 1 amide bonds. The number of carbonyl (C=O) groups is 2. The monoisotopic (exact) mass is 426 g/mol. The van der Waals surface area contributed by atoms with E-state index in [2.05, 4.69) is 23.4 Å². The molecule has 1 aromatic carbocycles. The molecule has 0 spiro atoms. The van der Waals surface area contributed by atoms with Crippen LogP contribution in [0, 0.1) is 13.8 Å². The van der Waals surface area contributed by atoms with E-state index in [0.717, 1.165) is 27.1 Å². The summed E-state index contributed by atoms with van der Waals surface area (Å²) in [5.41, 5.74) is 3.41. The SMILES string of the molecule is CCOC(=O)c1cnn(C)c1NC(=O)C(CC)Sc1cc(C)c2cccc(C)c2n1. The van der Waals surface area contributed by atoms with Gasteiger partial charge in [-0.05, 0) is 44.4 Å². The van der Waals surface area contributed by atoms with Crippen LogP contribution in [0.1, 0.15) is 41.8 Å². The fraction of sp³-hybridized carbons (Fsp3) is 0.364. The Labute approximate surface area is 180 Å². The molecule has 0 radical (unpaired) electrons. The summed E-state index contributed by atoms with van der Waals surface area (Å²) in [6, 6.07) is 8.13. The van der Waals surface area contributed by atoms with Gasteiger partial charge in [0.15, 0.2) is 0 Å². The topological polar surface area (TPSA) is 86.1 Å². The molecule has 158 valence electrons. The van der Waals surface area contributed by atoms with Crippen LogP contribution in [0.4, 0.5) is 5.82 Å². The number of benzene rings is 1. The predicted molar refractivity (Wildman–Crippen MR) is 119 cm³/mol. The van der Waals surface area contributed by atoms with Gasteiger partial charge in [0.25, 0.3) is 0 Å². The van der Waals surface area contributed by atoms with Gasteiger partial charge in [0, 0.05) is 12.4 Å². The lowest BCUT2D eigenvalue weighted by atomic mass is 10.1. The molecule has 7 nitrogen and oxygen atoms in total. The van der Waals surface area contributed by atoms with Crippen molar-refractivity contribution in [3.63, 3.8) is 0 Å². The van der Waals surface area contributed by atoms with Gasteiger partial charge in [0.1, 0.15) is 11.4 Å². The van der Waals surface area contributed by atoms with E-state index >= 15 is 0 Å². The molecule has 3 aromatic rings. The Morgan fingerprint density at radius 1 is 1.23 bits per heavy atom. The minimum absolute atomic E-state index is 0.207. The van der Waals surface area contributed by atoms with Crippen LogP contribution in [-0.2, 0) is 16.6 Å². The van der Waals surface area contributed by atoms with E-state index in [4.69, 9.17) is 9.72 Å². The second-order valence-electron chi connectivity index (χ2n) is 7.00. The second kappa shape index (κ2) is 9.30. The molecule has 0 aliphatic heterocycles. The first-order valence-electron chi connectivity index (χ1n) is 9.89. The van der Waals surface area contributed by atoms with E-state index in [0.29, 0.717) is 12.2 Å². The number of para-hydroxylation sites is 1. The summed E-state index contributed by atoms with van der Waals surface area (Å²) < 4.78 is 6.51. The summed E-state index contributed by atoms with van der Waals surface area (Å²) in [5, 5.41) is 8.47. The fourth-order valence-electron chi connectivity index (χ4n) is 3.20. The maximum absolute atomic E-state index is 13.0. The highest BCUT2D eigenvalue weighted by Crippen LogP contribution is 2.30. The lowest BCUT2D eigenvalue weighted by Crippen LogP contribution is -2.27. The number of aryl methyl sites for hydroxylation is 3. The van der Waals surface area contributed by atoms with Crippen LogP contribution in [0.25, 0.3) is 10.9 Å². The molecule has 0 saturated carbocycles. The third-order valence-electron chi connectivity index (χ3n) is 4.83. The molecule has 0 saturated heterocycles. The number of amides is 1. The number of fused-ring (bicyclic) bond motifs is 1. The first kappa shape index (κ1) is 21.8. The minimum Gasteiger partial charge on any atom is -0.462 e. The van der Waals surface area contributed by atoms with Gasteiger partial charge in [0.05, 0.1) is 28.6 Å². The molecule has 1 unspecified atom stereocenters. The summed E-state index contributed by atoms with van der Waals surface area (Å²) >= 11 is 1.42. The van der Waals surface area contributed by atoms with E-state index < -0.39 is 5.97 Å². The van der Waals surface area contributed by atoms with Crippen molar-refractivity contribution >= 4 is 40.4 Å². The molecule has 0 bridgehead atoms. The number of thioether (sulfide) groups is 1. The summed E-state index contributed by atoms with van der Waals surface area (Å²) in [4.78, 5) is 29.9. The number of anilines is 1. The van der Waals surface area contributed by atoms with Gasteiger partial charge in [0.2, 0.25) is 5.91 Å². The Morgan fingerprint density at radius 2 is 2.00 bits per heavy atom. The fourth-order valence-corrected chi connectivity index (χ4v) is 4.21. The number of aromatic nitrogens is 3. The van der Waals surface area contributed by atoms with Crippen molar-refractivity contribution in [2.45, 2.75) is 44.4 Å². The van der Waals surface area contributed by atoms with Crippen molar-refractivity contribution in [1.82, 2.24) is 14.8 Å². The molecule has 0 fully saturated rings. The highest BCUT2D eigenvalue weighted by atomic mass is 32.2. The second-order valence-corrected chi connectivity index (χ2v) is 8.23. The predicted octanol–water partition coefficient (Wildman–Crippen LogP) is 4.27. The van der Waals surface area contributed by atoms with Crippen LogP contribution >= 0.6 is 11.8 Å². The zero-order valence-corrected chi connectivity index (χ0v) is 18.7. The van der Waals surface area contributed by atoms with E-state index in [-0.39, 0.29) is 23.3 Å². The first-order chi connectivity index (χ1) is 14.3. The number of hydrogen-bond acceptors (Lipinski definition) is 6. The van der Waals surface area contributed by atoms with Crippen LogP contribution < -0.4 is 5.32 Å². The van der Waals surface area contributed by atoms with Crippen LogP contribution in [0.3, 0.4) is 0 Å². The van der Waals surface area contributed by atoms with Crippen molar-refractivity contribution in [2.75, 3.05) is 11.9 Å². The van der Waals surface area contributed by atoms with Crippen LogP contribution in [-0.4, -0.2) is 38.5 Å². The summed E-state index contributed by atoms with van der Waals surface area (Å²) in [7, 11) is 1.67. The lowest BCUT2D eigenvalue weighted by molar-refractivity contribution is -0.115. The van der Waals surface area contributed by atoms with Gasteiger partial charge in [-0.25, -0.2) is 9.78 Å². The molecule has 2 heterocycles. The quantitative estimate of drug-likeness (QED) is 0.448. The van der Waals surface area contributed by atoms with E-state index in [1.54, 1.807) is 14.0 Å². The standard InChI is InChI=1S/C22H26N4O3S/c1-6-17(21(27)25-20-16(12-23-26(20)5)22(28)29-7-2)30-18-11-14(4)15-10-8-9-13(3)19(15)24-18/h8-12,17H,6-7H2,1-5H3,(H,25,27). The van der Waals surface area contributed by atoms with E-state index in [1.807, 2.05) is 32.0 Å². The Kier molecular flexibility index (Phi) is 6.77. The van der Waals surface area contributed by atoms with Gasteiger partial charge in [-0.1, -0.05) is 36.9 Å². The first-order valence-corrected chi connectivity index (χ1v) is 10.8. The molecule has 1 atom stereocenters. The van der Waals surface area contributed by atoms with Crippen molar-refractivity contribution in [2.24, 2.45) is 7.05 Å². The Hall–Kier alpha value is -2.87. The number of nitrogens with zero attached hydrogens (tertiary/aromatic N) is 3. The molecular weight excluding hydrogens is 400 g/mol. The van der Waals surface area contributed by atoms with E-state index in [9.17, 15) is 9.59 Å². The molecule has 0 aliphatic carbocycles. The van der Waals surface area contributed by atoms with Gasteiger partial charge < -0.3 is 10.1 Å². The number of esters is 1. The molecule has 0 aliphatic rings. The highest BCUT2D eigenvalue weighted by molar-refractivity contribution is 8.00. The Balaban J connectivity index is 1.83. The molecule has 1 N–H and O–H groups in total. The Bertz CT molecular complexity index is 1090. The number of rotatable bonds is 7. The van der Waals surface area contributed by atoms with Crippen LogP contribution in [0.5, 0.6) is 0 Å². The summed E-state index contributed by atoms with van der Waals surface area (Å²) in [5.74, 6) is -0.388. The Morgan fingerprint density at radius 3 is 2.70 bits per heavy atom. The maximum Gasteiger partial charge on any atom is 0.343 e. The van der Waals surface area contributed by atoms with Gasteiger partial charge in [-0.3, -0.25) is 9.48 Å². The van der Waals surface area contributed by atoms with Gasteiger partial charge in [-0.15, -0.1) is 0 Å². The smallest absolute Gasteiger partial charge is 0.343 e. The summed E-state index contributed by atoms with van der Waals surface area (Å²) in [6.07, 6.45) is 2.01. The van der Waals surface area contributed by atoms with E-state index in [1.165, 1.54) is 22.6 Å². The molecule has 8 heteroatoms. The van der Waals surface area contributed by atoms with Crippen molar-refractivity contribution in [1.29, 1.82) is 0 Å². The van der Waals surface area contributed by atoms with Crippen molar-refractivity contribution in [3.8, 4) is 0 Å². The molecule has 30 heavy (non-hydrogen) atoms. The normalized spacial score (nSPS) is 12.0. The van der Waals surface area contributed by atoms with Gasteiger partial charge in [-0.2, -0.15) is 5.10 Å². The number of carbonyl (C=O) groups excluding carboxylic acids is 2. The summed E-state index contributed by atoms with van der Waals surface area (Å²) in [6.45, 7) is 8.02. The average Bonchev–Trinajstić information content (AvgIpc) is 3.07. The number of pyridine rings is 1. The number of hydrogen-bond donors (Lipinski definition) is 1. The molecular formula is C22H26N4O3S. The third-order valence-corrected chi connectivity index (χ3v) is 6.11. The van der Waals surface area contributed by atoms with Gasteiger partial charge >= 0.3 is 5.97 Å². The van der Waals surface area contributed by atoms with Crippen LogP contribution in [0.2, 0.25) is 0 Å². The third kappa shape index (κ3) is 4.48. The zero-order valence-electron chi connectivity index (χ0n) is 17.9. The molecule has 2 aromatic heterocycles. The maximum atomic E-state index is 13.0. The lowest BCUT2D eigenvalue weighted by Gasteiger charge is -2.16. The van der Waals surface area contributed by atoms with Crippen molar-refractivity contribution < 1.29 is 14.3 Å². The zero-order chi connectivity index (χ0) is 21.8. The minimum atomic E-state index is -0.510. The molecule has 3 rings (SSSR count). The average molecular weight is 427 g/mol. The number of nitrogens with one attached hydrogen (secondary N) is 1. The largest absolute Gasteiger partial charge is 0.462 e. The highest BCUT2D eigenvalue weighted by Gasteiger charge is 2.24. The van der Waals surface area contributed by atoms with Crippen LogP contribution in [0.15, 0.2) is 35.5 Å². The number of ether oxygens (including phenoxy) is 1. The van der Waals surface area contributed by atoms with Crippen molar-refractivity contribution in [3.05, 3.63) is 47.2 Å².